The molecule has 0 bridgehead atoms. The molecular formula is C34H41F4N5O4S. The fourth-order valence-corrected chi connectivity index (χ4v) is 5.77. The average molecular weight is 692 g/mol. The van der Waals surface area contributed by atoms with Gasteiger partial charge in [-0.3, -0.25) is 9.59 Å². The molecule has 1 aromatic heterocycles. The van der Waals surface area contributed by atoms with Crippen LogP contribution in [-0.2, 0) is 10.2 Å². The lowest BCUT2D eigenvalue weighted by Gasteiger charge is -2.38. The number of hydrogen-bond acceptors (Lipinski definition) is 7. The van der Waals surface area contributed by atoms with Gasteiger partial charge in [-0.2, -0.15) is 30.0 Å². The molecule has 0 saturated carbocycles. The summed E-state index contributed by atoms with van der Waals surface area (Å²) in [5, 5.41) is 18.7. The Morgan fingerprint density at radius 3 is 2.40 bits per heavy atom. The number of primary amides is 2. The molecule has 0 fully saturated rings. The molecule has 9 nitrogen and oxygen atoms in total. The highest BCUT2D eigenvalue weighted by Gasteiger charge is 2.56. The minimum atomic E-state index is -5.01. The number of fused-ring (bicyclic) bond motifs is 1. The van der Waals surface area contributed by atoms with E-state index in [1.54, 1.807) is 59.8 Å². The molecule has 2 amide bonds. The van der Waals surface area contributed by atoms with E-state index in [1.165, 1.54) is 33.2 Å². The number of thioether (sulfide) groups is 1. The molecule has 6 N–H and O–H groups in total. The van der Waals surface area contributed by atoms with Crippen molar-refractivity contribution in [3.63, 3.8) is 0 Å². The SMILES string of the molecule is COc1ccc(F)cc1C(C)(C)CC(O)(CNc1cc(C)cc2c1cnn2-c1cccc(C(N)=O)c1)C(F)(F)F.CSCCCC(N)=O. The summed E-state index contributed by atoms with van der Waals surface area (Å²) in [4.78, 5) is 21.7. The van der Waals surface area contributed by atoms with Crippen molar-refractivity contribution in [2.75, 3.05) is 31.0 Å². The van der Waals surface area contributed by atoms with Gasteiger partial charge in [0.05, 0.1) is 31.1 Å². The molecule has 4 rings (SSSR count). The Kier molecular flexibility index (Phi) is 12.5. The first-order valence-electron chi connectivity index (χ1n) is 15.0. The summed E-state index contributed by atoms with van der Waals surface area (Å²) in [7, 11) is 1.34. The van der Waals surface area contributed by atoms with Crippen LogP contribution in [0.2, 0.25) is 0 Å². The summed E-state index contributed by atoms with van der Waals surface area (Å²) < 4.78 is 64.0. The zero-order valence-corrected chi connectivity index (χ0v) is 28.3. The van der Waals surface area contributed by atoms with Crippen LogP contribution < -0.4 is 21.5 Å². The fourth-order valence-electron chi connectivity index (χ4n) is 5.34. The molecule has 0 radical (unpaired) electrons. The maximum Gasteiger partial charge on any atom is 0.418 e. The Balaban J connectivity index is 0.000000694. The molecule has 1 heterocycles. The highest BCUT2D eigenvalue weighted by atomic mass is 32.2. The number of carbonyl (C=O) groups excluding carboxylic acids is 2. The number of nitrogens with one attached hydrogen (secondary N) is 1. The van der Waals surface area contributed by atoms with E-state index in [-0.39, 0.29) is 22.8 Å². The number of halogens is 4. The number of anilines is 1. The lowest BCUT2D eigenvalue weighted by atomic mass is 9.74. The molecule has 14 heteroatoms. The quantitative estimate of drug-likeness (QED) is 0.0956. The lowest BCUT2D eigenvalue weighted by Crippen LogP contribution is -2.53. The summed E-state index contributed by atoms with van der Waals surface area (Å²) in [6, 6.07) is 13.6. The fraction of sp³-hybridized carbons (Fsp3) is 0.382. The van der Waals surface area contributed by atoms with Gasteiger partial charge in [-0.1, -0.05) is 19.9 Å². The van der Waals surface area contributed by atoms with Crippen molar-refractivity contribution in [3.05, 3.63) is 83.3 Å². The number of benzene rings is 3. The van der Waals surface area contributed by atoms with Gasteiger partial charge in [0, 0.05) is 28.6 Å². The van der Waals surface area contributed by atoms with Crippen molar-refractivity contribution in [2.45, 2.75) is 57.2 Å². The maximum absolute atomic E-state index is 14.4. The second-order valence-electron chi connectivity index (χ2n) is 12.1. The highest BCUT2D eigenvalue weighted by molar-refractivity contribution is 7.98. The topological polar surface area (TPSA) is 145 Å². The molecule has 1 atom stereocenters. The summed E-state index contributed by atoms with van der Waals surface area (Å²) in [5.41, 5.74) is 8.43. The van der Waals surface area contributed by atoms with Gasteiger partial charge in [-0.25, -0.2) is 9.07 Å². The number of carbonyl (C=O) groups is 2. The third kappa shape index (κ3) is 9.41. The van der Waals surface area contributed by atoms with E-state index in [2.05, 4.69) is 10.4 Å². The van der Waals surface area contributed by atoms with E-state index in [0.717, 1.165) is 29.9 Å². The van der Waals surface area contributed by atoms with Crippen molar-refractivity contribution in [1.29, 1.82) is 0 Å². The van der Waals surface area contributed by atoms with Crippen LogP contribution in [0.1, 0.15) is 54.6 Å². The van der Waals surface area contributed by atoms with Crippen molar-refractivity contribution in [3.8, 4) is 11.4 Å². The van der Waals surface area contributed by atoms with Gasteiger partial charge in [0.2, 0.25) is 11.8 Å². The van der Waals surface area contributed by atoms with Crippen molar-refractivity contribution in [2.24, 2.45) is 11.5 Å². The number of rotatable bonds is 13. The number of aromatic nitrogens is 2. The molecule has 0 aliphatic rings. The molecule has 4 aromatic rings. The molecule has 260 valence electrons. The molecule has 0 spiro atoms. The van der Waals surface area contributed by atoms with E-state index in [9.17, 15) is 32.3 Å². The van der Waals surface area contributed by atoms with Gasteiger partial charge >= 0.3 is 6.18 Å². The third-order valence-corrected chi connectivity index (χ3v) is 8.40. The summed E-state index contributed by atoms with van der Waals surface area (Å²) in [6.45, 7) is 3.89. The van der Waals surface area contributed by atoms with Crippen molar-refractivity contribution < 1.29 is 37.0 Å². The summed E-state index contributed by atoms with van der Waals surface area (Å²) in [6.07, 6.45) is -0.842. The van der Waals surface area contributed by atoms with Crippen LogP contribution in [0.5, 0.6) is 5.75 Å². The number of aliphatic hydroxyl groups is 1. The number of methoxy groups -OCH3 is 1. The zero-order valence-electron chi connectivity index (χ0n) is 27.5. The number of amides is 2. The lowest BCUT2D eigenvalue weighted by molar-refractivity contribution is -0.260. The van der Waals surface area contributed by atoms with Crippen LogP contribution in [0.3, 0.4) is 0 Å². The van der Waals surface area contributed by atoms with Crippen LogP contribution in [-0.4, -0.2) is 64.1 Å². The number of aryl methyl sites for hydroxylation is 1. The average Bonchev–Trinajstić information content (AvgIpc) is 3.43. The summed E-state index contributed by atoms with van der Waals surface area (Å²) >= 11 is 1.74. The van der Waals surface area contributed by atoms with E-state index in [4.69, 9.17) is 16.2 Å². The van der Waals surface area contributed by atoms with Crippen LogP contribution >= 0.6 is 11.8 Å². The van der Waals surface area contributed by atoms with Crippen LogP contribution in [0.4, 0.5) is 23.2 Å². The first kappa shape index (κ1) is 38.2. The van der Waals surface area contributed by atoms with Gasteiger partial charge < -0.3 is 26.6 Å². The predicted octanol–water partition coefficient (Wildman–Crippen LogP) is 6.27. The Hall–Kier alpha value is -4.30. The number of hydrogen-bond donors (Lipinski definition) is 4. The van der Waals surface area contributed by atoms with Gasteiger partial charge in [0.15, 0.2) is 5.60 Å². The molecule has 1 unspecified atom stereocenters. The van der Waals surface area contributed by atoms with Gasteiger partial charge in [0.1, 0.15) is 11.6 Å². The first-order chi connectivity index (χ1) is 22.4. The highest BCUT2D eigenvalue weighted by Crippen LogP contribution is 2.44. The van der Waals surface area contributed by atoms with E-state index < -0.39 is 41.9 Å². The maximum atomic E-state index is 14.4. The molecular weight excluding hydrogens is 650 g/mol. The normalized spacial score (nSPS) is 13.0. The van der Waals surface area contributed by atoms with E-state index in [1.807, 2.05) is 6.26 Å². The number of alkyl halides is 3. The minimum absolute atomic E-state index is 0.195. The minimum Gasteiger partial charge on any atom is -0.496 e. The Bertz CT molecular complexity index is 1740. The second kappa shape index (κ2) is 15.7. The largest absolute Gasteiger partial charge is 0.496 e. The van der Waals surface area contributed by atoms with E-state index >= 15 is 0 Å². The molecule has 0 saturated heterocycles. The number of nitrogens with two attached hydrogens (primary N) is 2. The van der Waals surface area contributed by atoms with E-state index in [0.29, 0.717) is 28.7 Å². The van der Waals surface area contributed by atoms with Crippen LogP contribution in [0.15, 0.2) is 60.8 Å². The molecule has 3 aromatic carbocycles. The van der Waals surface area contributed by atoms with Crippen molar-refractivity contribution in [1.82, 2.24) is 9.78 Å². The predicted molar refractivity (Wildman–Crippen MR) is 181 cm³/mol. The Labute approximate surface area is 281 Å². The molecule has 48 heavy (non-hydrogen) atoms. The van der Waals surface area contributed by atoms with Gasteiger partial charge in [-0.05, 0) is 91.3 Å². The third-order valence-electron chi connectivity index (χ3n) is 7.70. The zero-order chi connectivity index (χ0) is 35.9. The van der Waals surface area contributed by atoms with Crippen LogP contribution in [0.25, 0.3) is 16.6 Å². The van der Waals surface area contributed by atoms with Gasteiger partial charge in [0.25, 0.3) is 0 Å². The number of nitrogens with zero attached hydrogens (tertiary/aromatic N) is 2. The Morgan fingerprint density at radius 2 is 1.79 bits per heavy atom. The van der Waals surface area contributed by atoms with Crippen molar-refractivity contribution >= 4 is 40.2 Å². The molecule has 0 aliphatic heterocycles. The smallest absolute Gasteiger partial charge is 0.418 e. The first-order valence-corrected chi connectivity index (χ1v) is 16.3. The van der Waals surface area contributed by atoms with Gasteiger partial charge in [-0.15, -0.1) is 0 Å². The number of ether oxygens (including phenoxy) is 1. The Morgan fingerprint density at radius 1 is 1.08 bits per heavy atom. The standard InChI is InChI=1S/C29H30F4N4O3.C5H11NOS/c1-17-10-23(21-14-36-37(24(21)11-17)20-7-5-6-18(12-20)26(34)38)35-16-28(39,29(31,32)33)15-27(2,3)22-13-19(30)8-9-25(22)40-4;1-8-4-2-3-5(6)7/h5-14,35,39H,15-16H2,1-4H3,(H2,34,38);2-4H2,1H3,(H2,6,7). The second-order valence-corrected chi connectivity index (χ2v) is 13.1. The monoisotopic (exact) mass is 691 g/mol. The summed E-state index contributed by atoms with van der Waals surface area (Å²) in [5.74, 6) is -0.181. The molecule has 0 aliphatic carbocycles. The van der Waals surface area contributed by atoms with Crippen LogP contribution in [0, 0.1) is 12.7 Å².